The molecule has 2 heterocycles. The highest BCUT2D eigenvalue weighted by Gasteiger charge is 2.33. The second-order valence-electron chi connectivity index (χ2n) is 5.38. The number of nitrogens with zero attached hydrogens (tertiary/aromatic N) is 3. The Hall–Kier alpha value is -3.00. The van der Waals surface area contributed by atoms with Crippen LogP contribution in [0.4, 0.5) is 14.9 Å². The number of amides is 1. The minimum Gasteiger partial charge on any atom is -0.442 e. The Balaban J connectivity index is 1.75. The average Bonchev–Trinajstić information content (AvgIpc) is 3.17. The molecule has 2 aromatic rings. The van der Waals surface area contributed by atoms with Gasteiger partial charge in [-0.2, -0.15) is 0 Å². The van der Waals surface area contributed by atoms with Crippen LogP contribution in [-0.4, -0.2) is 34.9 Å². The molecule has 0 bridgehead atoms. The van der Waals surface area contributed by atoms with E-state index in [-0.39, 0.29) is 6.54 Å². The molecule has 24 heavy (non-hydrogen) atoms. The predicted molar refractivity (Wildman–Crippen MR) is 87.6 cm³/mol. The minimum atomic E-state index is -0.529. The first-order chi connectivity index (χ1) is 11.6. The molecule has 1 saturated heterocycles. The van der Waals surface area contributed by atoms with E-state index in [1.807, 2.05) is 12.1 Å². The van der Waals surface area contributed by atoms with E-state index in [2.05, 4.69) is 0 Å². The van der Waals surface area contributed by atoms with Gasteiger partial charge in [0, 0.05) is 24.8 Å². The maximum absolute atomic E-state index is 14.4. The van der Waals surface area contributed by atoms with Crippen molar-refractivity contribution in [2.75, 3.05) is 18.0 Å². The number of rotatable bonds is 5. The van der Waals surface area contributed by atoms with Gasteiger partial charge in [0.25, 0.3) is 0 Å². The van der Waals surface area contributed by atoms with Crippen molar-refractivity contribution in [3.05, 3.63) is 60.9 Å². The molecule has 1 atom stereocenters. The molecular weight excluding hydrogens is 313 g/mol. The van der Waals surface area contributed by atoms with Crippen molar-refractivity contribution >= 4 is 11.8 Å². The van der Waals surface area contributed by atoms with E-state index in [1.54, 1.807) is 29.1 Å². The van der Waals surface area contributed by atoms with E-state index < -0.39 is 18.0 Å². The summed E-state index contributed by atoms with van der Waals surface area (Å²) in [5.74, 6) is 5.26. The molecule has 7 nitrogen and oxygen atoms in total. The molecule has 1 fully saturated rings. The number of anilines is 1. The molecule has 126 valence electrons. The first kappa shape index (κ1) is 15.9. The normalized spacial score (nSPS) is 17.5. The van der Waals surface area contributed by atoms with E-state index in [0.29, 0.717) is 17.9 Å². The summed E-state index contributed by atoms with van der Waals surface area (Å²) in [4.78, 5) is 13.4. The van der Waals surface area contributed by atoms with Crippen LogP contribution >= 0.6 is 0 Å². The summed E-state index contributed by atoms with van der Waals surface area (Å²) in [7, 11) is 0. The lowest BCUT2D eigenvalue weighted by molar-refractivity contribution is 0.122. The zero-order valence-electron chi connectivity index (χ0n) is 12.9. The molecule has 4 N–H and O–H groups in total. The van der Waals surface area contributed by atoms with Crippen LogP contribution in [0, 0.1) is 5.82 Å². The van der Waals surface area contributed by atoms with Crippen molar-refractivity contribution in [3.63, 3.8) is 0 Å². The van der Waals surface area contributed by atoms with Gasteiger partial charge in [0.15, 0.2) is 0 Å². The van der Waals surface area contributed by atoms with Gasteiger partial charge in [0.2, 0.25) is 0 Å². The van der Waals surface area contributed by atoms with E-state index in [4.69, 9.17) is 16.3 Å². The van der Waals surface area contributed by atoms with Gasteiger partial charge in [-0.1, -0.05) is 0 Å². The Morgan fingerprint density at radius 2 is 2.12 bits per heavy atom. The van der Waals surface area contributed by atoms with E-state index in [1.165, 1.54) is 28.4 Å². The minimum absolute atomic E-state index is 0.285. The molecule has 0 saturated carbocycles. The lowest BCUT2D eigenvalue weighted by Gasteiger charge is -2.17. The summed E-state index contributed by atoms with van der Waals surface area (Å²) >= 11 is 0. The Morgan fingerprint density at radius 1 is 1.38 bits per heavy atom. The Bertz CT molecular complexity index is 747. The molecular formula is C16H18FN5O2. The molecule has 1 aliphatic rings. The second-order valence-corrected chi connectivity index (χ2v) is 5.38. The molecule has 0 aliphatic carbocycles. The van der Waals surface area contributed by atoms with Crippen LogP contribution in [0.25, 0.3) is 5.69 Å². The van der Waals surface area contributed by atoms with E-state index in [0.717, 1.165) is 0 Å². The molecule has 0 unspecified atom stereocenters. The summed E-state index contributed by atoms with van der Waals surface area (Å²) in [6.45, 7) is 0.577. The third kappa shape index (κ3) is 3.18. The van der Waals surface area contributed by atoms with Crippen LogP contribution in [0.2, 0.25) is 0 Å². The van der Waals surface area contributed by atoms with E-state index in [9.17, 15) is 9.18 Å². The van der Waals surface area contributed by atoms with Crippen molar-refractivity contribution in [3.8, 4) is 5.69 Å². The van der Waals surface area contributed by atoms with Crippen molar-refractivity contribution in [1.29, 1.82) is 0 Å². The summed E-state index contributed by atoms with van der Waals surface area (Å²) in [5, 5.41) is 1.33. The fraction of sp³-hybridized carbons (Fsp3) is 0.188. The molecule has 1 amide bonds. The summed E-state index contributed by atoms with van der Waals surface area (Å²) < 4.78 is 21.3. The number of ether oxygens (including phenoxy) is 1. The fourth-order valence-electron chi connectivity index (χ4n) is 2.60. The van der Waals surface area contributed by atoms with Crippen LogP contribution < -0.4 is 16.5 Å². The van der Waals surface area contributed by atoms with Crippen molar-refractivity contribution in [2.24, 2.45) is 11.6 Å². The highest BCUT2D eigenvalue weighted by atomic mass is 19.1. The van der Waals surface area contributed by atoms with Crippen LogP contribution in [0.15, 0.2) is 55.1 Å². The summed E-state index contributed by atoms with van der Waals surface area (Å²) in [6, 6.07) is 8.24. The smallest absolute Gasteiger partial charge is 0.414 e. The van der Waals surface area contributed by atoms with Crippen molar-refractivity contribution < 1.29 is 13.9 Å². The standard InChI is InChI=1S/C16H18FN5O2/c17-14-9-12(3-4-15(14)20-6-1-2-7-20)22-11-13(24-16(22)23)10-21(19)8-5-18/h1-9,13H,10-11,18-19H2/b8-5-/t13-/m0/s1. The zero-order valence-corrected chi connectivity index (χ0v) is 12.9. The Kier molecular flexibility index (Phi) is 4.39. The molecule has 1 aromatic heterocycles. The van der Waals surface area contributed by atoms with Crippen LogP contribution in [0.1, 0.15) is 0 Å². The number of aromatic nitrogens is 1. The number of benzene rings is 1. The third-order valence-electron chi connectivity index (χ3n) is 3.69. The van der Waals surface area contributed by atoms with Gasteiger partial charge in [-0.05, 0) is 30.3 Å². The van der Waals surface area contributed by atoms with Crippen LogP contribution in [0.5, 0.6) is 0 Å². The van der Waals surface area contributed by atoms with Crippen molar-refractivity contribution in [2.45, 2.75) is 6.10 Å². The van der Waals surface area contributed by atoms with Gasteiger partial charge in [-0.25, -0.2) is 15.0 Å². The number of halogens is 1. The van der Waals surface area contributed by atoms with Crippen LogP contribution in [-0.2, 0) is 4.74 Å². The lowest BCUT2D eigenvalue weighted by atomic mass is 10.2. The SMILES string of the molecule is N/C=C\N(N)C[C@H]1CN(c2ccc(-n3cccc3)c(F)c2)C(=O)O1. The molecule has 1 aliphatic heterocycles. The largest absolute Gasteiger partial charge is 0.442 e. The van der Waals surface area contributed by atoms with Gasteiger partial charge < -0.3 is 20.0 Å². The monoisotopic (exact) mass is 331 g/mol. The Labute approximate surface area is 138 Å². The Morgan fingerprint density at radius 3 is 2.79 bits per heavy atom. The van der Waals surface area contributed by atoms with Gasteiger partial charge in [-0.15, -0.1) is 0 Å². The number of hydrogen-bond acceptors (Lipinski definition) is 5. The van der Waals surface area contributed by atoms with Gasteiger partial charge in [0.05, 0.1) is 24.5 Å². The van der Waals surface area contributed by atoms with E-state index >= 15 is 0 Å². The number of hydrogen-bond donors (Lipinski definition) is 2. The first-order valence-electron chi connectivity index (χ1n) is 7.39. The molecule has 0 spiro atoms. The predicted octanol–water partition coefficient (Wildman–Crippen LogP) is 1.55. The molecule has 8 heteroatoms. The fourth-order valence-corrected chi connectivity index (χ4v) is 2.60. The molecule has 0 radical (unpaired) electrons. The number of carbonyl (C=O) groups excluding carboxylic acids is 1. The topological polar surface area (TPSA) is 89.8 Å². The van der Waals surface area contributed by atoms with Gasteiger partial charge in [-0.3, -0.25) is 4.90 Å². The van der Waals surface area contributed by atoms with Crippen LogP contribution in [0.3, 0.4) is 0 Å². The highest BCUT2D eigenvalue weighted by Crippen LogP contribution is 2.25. The maximum atomic E-state index is 14.4. The van der Waals surface area contributed by atoms with Gasteiger partial charge in [0.1, 0.15) is 11.9 Å². The summed E-state index contributed by atoms with van der Waals surface area (Å²) in [6.07, 6.45) is 5.31. The quantitative estimate of drug-likeness (QED) is 0.641. The highest BCUT2D eigenvalue weighted by molar-refractivity contribution is 5.89. The van der Waals surface area contributed by atoms with Crippen molar-refractivity contribution in [1.82, 2.24) is 9.58 Å². The lowest BCUT2D eigenvalue weighted by Crippen LogP contribution is -2.36. The first-order valence-corrected chi connectivity index (χ1v) is 7.39. The number of carbonyl (C=O) groups is 1. The number of hydrazine groups is 1. The van der Waals surface area contributed by atoms with Gasteiger partial charge >= 0.3 is 6.09 Å². The molecule has 1 aromatic carbocycles. The maximum Gasteiger partial charge on any atom is 0.414 e. The summed E-state index contributed by atoms with van der Waals surface area (Å²) in [5.41, 5.74) is 6.11. The number of cyclic esters (lactones) is 1. The average molecular weight is 331 g/mol. The second kappa shape index (κ2) is 6.63. The number of nitrogens with two attached hydrogens (primary N) is 2. The molecule has 3 rings (SSSR count). The third-order valence-corrected chi connectivity index (χ3v) is 3.69. The zero-order chi connectivity index (χ0) is 17.1.